The lowest BCUT2D eigenvalue weighted by molar-refractivity contribution is -0.384. The van der Waals surface area contributed by atoms with Crippen molar-refractivity contribution in [1.82, 2.24) is 4.57 Å². The second kappa shape index (κ2) is 10.7. The Morgan fingerprint density at radius 1 is 1.19 bits per heavy atom. The minimum atomic E-state index is -0.725. The molecule has 0 saturated heterocycles. The molecule has 1 aliphatic heterocycles. The van der Waals surface area contributed by atoms with Crippen molar-refractivity contribution in [3.05, 3.63) is 101 Å². The van der Waals surface area contributed by atoms with Crippen molar-refractivity contribution in [3.8, 4) is 5.75 Å². The lowest BCUT2D eigenvalue weighted by Crippen LogP contribution is -2.39. The summed E-state index contributed by atoms with van der Waals surface area (Å²) in [6.45, 7) is 4.42. The van der Waals surface area contributed by atoms with Crippen LogP contribution in [-0.4, -0.2) is 29.2 Å². The Morgan fingerprint density at radius 3 is 2.50 bits per heavy atom. The lowest BCUT2D eigenvalue weighted by atomic mass is 9.96. The van der Waals surface area contributed by atoms with Gasteiger partial charge in [-0.15, -0.1) is 0 Å². The van der Waals surface area contributed by atoms with Crippen molar-refractivity contribution in [1.29, 1.82) is 0 Å². The molecule has 36 heavy (non-hydrogen) atoms. The van der Waals surface area contributed by atoms with Crippen molar-refractivity contribution >= 4 is 29.1 Å². The third kappa shape index (κ3) is 4.99. The summed E-state index contributed by atoms with van der Waals surface area (Å²) < 4.78 is 12.7. The molecule has 3 aromatic rings. The Bertz CT molecular complexity index is 1500. The number of carbonyl (C=O) groups is 1. The van der Waals surface area contributed by atoms with Gasteiger partial charge in [-0.1, -0.05) is 36.8 Å². The maximum absolute atomic E-state index is 13.6. The summed E-state index contributed by atoms with van der Waals surface area (Å²) in [5.74, 6) is 0.146. The third-order valence-electron chi connectivity index (χ3n) is 5.79. The van der Waals surface area contributed by atoms with Crippen LogP contribution in [0.3, 0.4) is 0 Å². The maximum atomic E-state index is 13.6. The molecule has 9 nitrogen and oxygen atoms in total. The maximum Gasteiger partial charge on any atom is 0.338 e. The number of non-ortho nitro benzene ring substituents is 1. The van der Waals surface area contributed by atoms with Gasteiger partial charge in [0.25, 0.3) is 11.2 Å². The topological polar surface area (TPSA) is 113 Å². The van der Waals surface area contributed by atoms with Crippen LogP contribution >= 0.6 is 11.3 Å². The predicted octanol–water partition coefficient (Wildman–Crippen LogP) is 3.50. The van der Waals surface area contributed by atoms with E-state index in [4.69, 9.17) is 9.47 Å². The molecule has 2 heterocycles. The number of allylic oxidation sites excluding steroid dienone is 1. The molecule has 1 atom stereocenters. The molecular weight excluding hydrogens is 482 g/mol. The molecule has 186 valence electrons. The summed E-state index contributed by atoms with van der Waals surface area (Å²) in [5.41, 5.74) is 1.76. The smallest absolute Gasteiger partial charge is 0.338 e. The first-order valence-electron chi connectivity index (χ1n) is 11.4. The molecule has 1 aliphatic rings. The second-order valence-electron chi connectivity index (χ2n) is 8.19. The number of hydrogen-bond acceptors (Lipinski definition) is 8. The fourth-order valence-corrected chi connectivity index (χ4v) is 4.98. The Kier molecular flexibility index (Phi) is 7.44. The van der Waals surface area contributed by atoms with E-state index in [1.54, 1.807) is 25.1 Å². The first-order chi connectivity index (χ1) is 17.3. The molecule has 0 radical (unpaired) electrons. The number of thiazole rings is 1. The van der Waals surface area contributed by atoms with Gasteiger partial charge in [-0.05, 0) is 54.8 Å². The van der Waals surface area contributed by atoms with E-state index >= 15 is 0 Å². The SMILES string of the molecule is CCCCOc1ccc(C2C(C(=O)OC)=C(C)N=c3s/c(=C\c4ccc([N+](=O)[O-])cc4)c(=O)n32)cc1. The lowest BCUT2D eigenvalue weighted by Gasteiger charge is -2.24. The number of carbonyl (C=O) groups excluding carboxylic acids is 1. The average molecular weight is 508 g/mol. The van der Waals surface area contributed by atoms with E-state index in [2.05, 4.69) is 11.9 Å². The number of ether oxygens (including phenoxy) is 2. The number of esters is 1. The molecule has 0 N–H and O–H groups in total. The van der Waals surface area contributed by atoms with Gasteiger partial charge in [0, 0.05) is 12.1 Å². The largest absolute Gasteiger partial charge is 0.494 e. The van der Waals surface area contributed by atoms with E-state index in [1.807, 2.05) is 24.3 Å². The molecule has 1 aromatic heterocycles. The molecule has 0 bridgehead atoms. The van der Waals surface area contributed by atoms with E-state index in [1.165, 1.54) is 35.1 Å². The van der Waals surface area contributed by atoms with Crippen LogP contribution in [0.2, 0.25) is 0 Å². The van der Waals surface area contributed by atoms with Gasteiger partial charge in [0.15, 0.2) is 4.80 Å². The average Bonchev–Trinajstić information content (AvgIpc) is 3.18. The highest BCUT2D eigenvalue weighted by Gasteiger charge is 2.33. The molecule has 0 fully saturated rings. The zero-order valence-corrected chi connectivity index (χ0v) is 20.9. The summed E-state index contributed by atoms with van der Waals surface area (Å²) in [6, 6.07) is 12.5. The third-order valence-corrected chi connectivity index (χ3v) is 6.77. The number of rotatable bonds is 8. The summed E-state index contributed by atoms with van der Waals surface area (Å²) in [5, 5.41) is 10.9. The molecule has 0 amide bonds. The molecule has 4 rings (SSSR count). The van der Waals surface area contributed by atoms with Crippen LogP contribution in [0.1, 0.15) is 43.9 Å². The number of nitrogens with zero attached hydrogens (tertiary/aromatic N) is 3. The summed E-state index contributed by atoms with van der Waals surface area (Å²) in [7, 11) is 1.30. The van der Waals surface area contributed by atoms with Crippen LogP contribution in [0.25, 0.3) is 6.08 Å². The van der Waals surface area contributed by atoms with Gasteiger partial charge in [0.2, 0.25) is 0 Å². The number of aromatic nitrogens is 1. The quantitative estimate of drug-likeness (QED) is 0.200. The second-order valence-corrected chi connectivity index (χ2v) is 9.20. The Hall–Kier alpha value is -4.05. The van der Waals surface area contributed by atoms with E-state index in [-0.39, 0.29) is 16.8 Å². The highest BCUT2D eigenvalue weighted by Crippen LogP contribution is 2.31. The molecule has 0 saturated carbocycles. The zero-order chi connectivity index (χ0) is 25.8. The fourth-order valence-electron chi connectivity index (χ4n) is 3.93. The van der Waals surface area contributed by atoms with E-state index < -0.39 is 16.9 Å². The number of methoxy groups -OCH3 is 1. The normalized spacial score (nSPS) is 15.3. The van der Waals surface area contributed by atoms with Gasteiger partial charge in [-0.2, -0.15) is 0 Å². The van der Waals surface area contributed by atoms with Crippen molar-refractivity contribution in [2.45, 2.75) is 32.7 Å². The van der Waals surface area contributed by atoms with Gasteiger partial charge in [-0.25, -0.2) is 9.79 Å². The number of unbranched alkanes of at least 4 members (excludes halogenated alkanes) is 1. The number of nitro groups is 1. The fraction of sp³-hybridized carbons (Fsp3) is 0.269. The van der Waals surface area contributed by atoms with Crippen LogP contribution in [-0.2, 0) is 9.53 Å². The van der Waals surface area contributed by atoms with Crippen molar-refractivity contribution in [3.63, 3.8) is 0 Å². The first-order valence-corrected chi connectivity index (χ1v) is 12.2. The van der Waals surface area contributed by atoms with Gasteiger partial charge in [0.05, 0.1) is 40.5 Å². The molecule has 10 heteroatoms. The van der Waals surface area contributed by atoms with Gasteiger partial charge < -0.3 is 9.47 Å². The van der Waals surface area contributed by atoms with E-state index in [9.17, 15) is 19.7 Å². The monoisotopic (exact) mass is 507 g/mol. The first kappa shape index (κ1) is 25.1. The van der Waals surface area contributed by atoms with E-state index in [0.29, 0.717) is 33.0 Å². The predicted molar refractivity (Wildman–Crippen MR) is 136 cm³/mol. The van der Waals surface area contributed by atoms with E-state index in [0.717, 1.165) is 18.4 Å². The Labute approximate surface area is 210 Å². The number of nitro benzene ring substituents is 1. The van der Waals surface area contributed by atoms with Crippen LogP contribution in [0.15, 0.2) is 69.6 Å². The molecule has 1 unspecified atom stereocenters. The number of benzene rings is 2. The van der Waals surface area contributed by atoms with Gasteiger partial charge in [-0.3, -0.25) is 19.5 Å². The highest BCUT2D eigenvalue weighted by molar-refractivity contribution is 7.07. The van der Waals surface area contributed by atoms with Crippen LogP contribution in [0.4, 0.5) is 5.69 Å². The summed E-state index contributed by atoms with van der Waals surface area (Å²) in [4.78, 5) is 41.8. The van der Waals surface area contributed by atoms with Gasteiger partial charge in [0.1, 0.15) is 5.75 Å². The molecule has 0 aliphatic carbocycles. The standard InChI is InChI=1S/C26H25N3O6S/c1-4-5-14-35-20-12-8-18(9-13-20)23-22(25(31)34-3)16(2)27-26-28(23)24(30)21(36-26)15-17-6-10-19(11-7-17)29(32)33/h6-13,15,23H,4-5,14H2,1-3H3/b21-15-. The number of hydrogen-bond donors (Lipinski definition) is 0. The zero-order valence-electron chi connectivity index (χ0n) is 20.1. The number of fused-ring (bicyclic) bond motifs is 1. The minimum absolute atomic E-state index is 0.0333. The van der Waals surface area contributed by atoms with Crippen molar-refractivity contribution < 1.29 is 19.2 Å². The molecule has 0 spiro atoms. The van der Waals surface area contributed by atoms with Crippen LogP contribution in [0.5, 0.6) is 5.75 Å². The van der Waals surface area contributed by atoms with Crippen LogP contribution < -0.4 is 19.6 Å². The molecular formula is C26H25N3O6S. The van der Waals surface area contributed by atoms with Gasteiger partial charge >= 0.3 is 5.97 Å². The highest BCUT2D eigenvalue weighted by atomic mass is 32.1. The Morgan fingerprint density at radius 2 is 1.89 bits per heavy atom. The van der Waals surface area contributed by atoms with Crippen molar-refractivity contribution in [2.24, 2.45) is 4.99 Å². The summed E-state index contributed by atoms with van der Waals surface area (Å²) in [6.07, 6.45) is 3.63. The molecule has 2 aromatic carbocycles. The van der Waals surface area contributed by atoms with Crippen LogP contribution in [0, 0.1) is 10.1 Å². The van der Waals surface area contributed by atoms with Crippen molar-refractivity contribution in [2.75, 3.05) is 13.7 Å². The summed E-state index contributed by atoms with van der Waals surface area (Å²) >= 11 is 1.19. The minimum Gasteiger partial charge on any atom is -0.494 e. The Balaban J connectivity index is 1.81.